The van der Waals surface area contributed by atoms with E-state index in [-0.39, 0.29) is 17.6 Å². The van der Waals surface area contributed by atoms with Crippen LogP contribution in [-0.2, 0) is 0 Å². The molecular weight excluding hydrogens is 568 g/mol. The predicted octanol–water partition coefficient (Wildman–Crippen LogP) is 6.43. The van der Waals surface area contributed by atoms with Crippen LogP contribution in [0.3, 0.4) is 0 Å². The lowest BCUT2D eigenvalue weighted by Gasteiger charge is -2.14. The van der Waals surface area contributed by atoms with E-state index >= 15 is 0 Å². The lowest BCUT2D eigenvalue weighted by Crippen LogP contribution is -2.11. The number of amides is 1. The Bertz CT molecular complexity index is 1710. The molecule has 0 aliphatic carbocycles. The van der Waals surface area contributed by atoms with Crippen LogP contribution in [0.5, 0.6) is 17.2 Å². The molecule has 0 aliphatic heterocycles. The van der Waals surface area contributed by atoms with Crippen molar-refractivity contribution in [3.8, 4) is 39.4 Å². The molecule has 2 heterocycles. The summed E-state index contributed by atoms with van der Waals surface area (Å²) >= 11 is 7.26. The Hall–Kier alpha value is -4.81. The summed E-state index contributed by atoms with van der Waals surface area (Å²) < 4.78 is 21.8. The molecule has 0 saturated heterocycles. The molecule has 13 heteroatoms. The van der Waals surface area contributed by atoms with Crippen molar-refractivity contribution < 1.29 is 23.5 Å². The third kappa shape index (κ3) is 5.88. The number of nitrogens with two attached hydrogens (primary N) is 1. The SMILES string of the molecule is COc1cc(Nc2nc(N)c(-c3nc(-c4cc(NC(=O)c5cccc(Cl)c5)ccc4C)no3)s2)cc(OC)c1OC. The van der Waals surface area contributed by atoms with E-state index in [1.165, 1.54) is 18.4 Å². The van der Waals surface area contributed by atoms with Crippen molar-refractivity contribution in [1.29, 1.82) is 0 Å². The Morgan fingerprint density at radius 1 is 0.976 bits per heavy atom. The monoisotopic (exact) mass is 592 g/mol. The van der Waals surface area contributed by atoms with Gasteiger partial charge < -0.3 is 35.1 Å². The zero-order chi connectivity index (χ0) is 29.1. The fraction of sp³-hybridized carbons (Fsp3) is 0.143. The second kappa shape index (κ2) is 11.7. The molecule has 4 N–H and O–H groups in total. The maximum atomic E-state index is 12.7. The quantitative estimate of drug-likeness (QED) is 0.175. The highest BCUT2D eigenvalue weighted by molar-refractivity contribution is 7.19. The Labute approximate surface area is 244 Å². The number of carbonyl (C=O) groups is 1. The molecule has 0 radical (unpaired) electrons. The van der Waals surface area contributed by atoms with Crippen LogP contribution in [0.2, 0.25) is 5.02 Å². The molecule has 210 valence electrons. The summed E-state index contributed by atoms with van der Waals surface area (Å²) in [6.07, 6.45) is 0. The highest BCUT2D eigenvalue weighted by Gasteiger charge is 2.21. The molecule has 2 aromatic heterocycles. The third-order valence-corrected chi connectivity index (χ3v) is 7.22. The third-order valence-electron chi connectivity index (χ3n) is 6.01. The van der Waals surface area contributed by atoms with Crippen molar-refractivity contribution in [3.05, 3.63) is 70.7 Å². The first kappa shape index (κ1) is 27.7. The minimum Gasteiger partial charge on any atom is -0.493 e. The molecule has 0 bridgehead atoms. The van der Waals surface area contributed by atoms with Crippen molar-refractivity contribution in [1.82, 2.24) is 15.1 Å². The molecule has 3 aromatic carbocycles. The van der Waals surface area contributed by atoms with Crippen molar-refractivity contribution in [3.63, 3.8) is 0 Å². The largest absolute Gasteiger partial charge is 0.493 e. The highest BCUT2D eigenvalue weighted by atomic mass is 35.5. The van der Waals surface area contributed by atoms with Crippen molar-refractivity contribution in [2.45, 2.75) is 6.92 Å². The highest BCUT2D eigenvalue weighted by Crippen LogP contribution is 2.42. The number of hydrogen-bond donors (Lipinski definition) is 3. The van der Waals surface area contributed by atoms with E-state index < -0.39 is 0 Å². The average molecular weight is 593 g/mol. The fourth-order valence-corrected chi connectivity index (χ4v) is 5.03. The van der Waals surface area contributed by atoms with Crippen molar-refractivity contribution in [2.75, 3.05) is 37.7 Å². The number of halogens is 1. The Balaban J connectivity index is 1.38. The molecule has 5 aromatic rings. The van der Waals surface area contributed by atoms with Crippen molar-refractivity contribution in [2.24, 2.45) is 0 Å². The number of nitrogens with zero attached hydrogens (tertiary/aromatic N) is 3. The number of carbonyl (C=O) groups excluding carboxylic acids is 1. The van der Waals surface area contributed by atoms with Gasteiger partial charge >= 0.3 is 0 Å². The number of nitrogen functional groups attached to an aromatic ring is 1. The molecule has 11 nitrogen and oxygen atoms in total. The standard InChI is InChI=1S/C28H25ClN6O5S/c1-14-8-9-17(31-26(36)15-6-5-7-16(29)10-15)11-19(14)25-34-27(40-35-25)23-24(30)33-28(41-23)32-18-12-20(37-2)22(39-4)21(13-18)38-3/h5-13H,30H2,1-4H3,(H,31,36)(H,32,33). The fourth-order valence-electron chi connectivity index (χ4n) is 4.01. The Morgan fingerprint density at radius 2 is 1.73 bits per heavy atom. The number of thiazole rings is 1. The van der Waals surface area contributed by atoms with E-state index in [1.807, 2.05) is 13.0 Å². The molecule has 0 spiro atoms. The molecule has 1 amide bonds. The normalized spacial score (nSPS) is 10.8. The lowest BCUT2D eigenvalue weighted by atomic mass is 10.1. The summed E-state index contributed by atoms with van der Waals surface area (Å²) in [7, 11) is 4.62. The molecule has 0 atom stereocenters. The first-order valence-electron chi connectivity index (χ1n) is 12.1. The molecule has 0 fully saturated rings. The average Bonchev–Trinajstić information content (AvgIpc) is 3.59. The molecular formula is C28H25ClN6O5S. The lowest BCUT2D eigenvalue weighted by molar-refractivity contribution is 0.102. The number of hydrogen-bond acceptors (Lipinski definition) is 11. The number of aryl methyl sites for hydroxylation is 1. The maximum Gasteiger partial charge on any atom is 0.272 e. The smallest absolute Gasteiger partial charge is 0.272 e. The van der Waals surface area contributed by atoms with E-state index in [0.717, 1.165) is 5.56 Å². The van der Waals surface area contributed by atoms with Gasteiger partial charge in [-0.25, -0.2) is 4.98 Å². The van der Waals surface area contributed by atoms with E-state index in [9.17, 15) is 4.79 Å². The second-order valence-electron chi connectivity index (χ2n) is 8.69. The topological polar surface area (TPSA) is 147 Å². The van der Waals surface area contributed by atoms with Gasteiger partial charge in [-0.1, -0.05) is 40.2 Å². The van der Waals surface area contributed by atoms with Gasteiger partial charge in [0.1, 0.15) is 10.7 Å². The van der Waals surface area contributed by atoms with E-state index in [1.54, 1.807) is 62.8 Å². The number of methoxy groups -OCH3 is 3. The van der Waals surface area contributed by atoms with Crippen LogP contribution in [0.15, 0.2) is 59.1 Å². The number of nitrogens with one attached hydrogen (secondary N) is 2. The molecule has 0 saturated carbocycles. The maximum absolute atomic E-state index is 12.7. The van der Waals surface area contributed by atoms with Gasteiger partial charge in [-0.3, -0.25) is 4.79 Å². The van der Waals surface area contributed by atoms with E-state index in [0.29, 0.717) is 60.6 Å². The summed E-state index contributed by atoms with van der Waals surface area (Å²) in [5.74, 6) is 1.93. The van der Waals surface area contributed by atoms with E-state index in [2.05, 4.69) is 25.8 Å². The van der Waals surface area contributed by atoms with Gasteiger partial charge in [-0.15, -0.1) is 0 Å². The van der Waals surface area contributed by atoms with Gasteiger partial charge in [-0.05, 0) is 42.8 Å². The second-order valence-corrected chi connectivity index (χ2v) is 10.1. The van der Waals surface area contributed by atoms with Crippen LogP contribution in [0, 0.1) is 6.92 Å². The number of anilines is 4. The molecule has 0 aliphatic rings. The van der Waals surface area contributed by atoms with Crippen LogP contribution in [0.25, 0.3) is 22.2 Å². The summed E-state index contributed by atoms with van der Waals surface area (Å²) in [4.78, 5) is 22.2. The van der Waals surface area contributed by atoms with Gasteiger partial charge in [0.15, 0.2) is 16.6 Å². The summed E-state index contributed by atoms with van der Waals surface area (Å²) in [5, 5.41) is 11.2. The zero-order valence-corrected chi connectivity index (χ0v) is 24.0. The van der Waals surface area contributed by atoms with Crippen molar-refractivity contribution >= 4 is 51.2 Å². The molecule has 0 unspecified atom stereocenters. The summed E-state index contributed by atoms with van der Waals surface area (Å²) in [6, 6.07) is 15.7. The van der Waals surface area contributed by atoms with Crippen LogP contribution in [0.4, 0.5) is 22.3 Å². The van der Waals surface area contributed by atoms with Gasteiger partial charge in [0.25, 0.3) is 11.8 Å². The molecule has 41 heavy (non-hydrogen) atoms. The summed E-state index contributed by atoms with van der Waals surface area (Å²) in [5.41, 5.74) is 9.44. The van der Waals surface area contributed by atoms with E-state index in [4.69, 9.17) is 36.1 Å². The minimum absolute atomic E-state index is 0.209. The van der Waals surface area contributed by atoms with Crippen LogP contribution < -0.4 is 30.6 Å². The van der Waals surface area contributed by atoms with Gasteiger partial charge in [0, 0.05) is 39.7 Å². The number of benzene rings is 3. The van der Waals surface area contributed by atoms with Crippen LogP contribution in [-0.4, -0.2) is 42.4 Å². The predicted molar refractivity (Wildman–Crippen MR) is 159 cm³/mol. The Kier molecular flexibility index (Phi) is 7.95. The first-order chi connectivity index (χ1) is 19.8. The minimum atomic E-state index is -0.291. The number of rotatable bonds is 9. The zero-order valence-electron chi connectivity index (χ0n) is 22.4. The van der Waals surface area contributed by atoms with Crippen LogP contribution >= 0.6 is 22.9 Å². The number of aromatic nitrogens is 3. The first-order valence-corrected chi connectivity index (χ1v) is 13.3. The van der Waals surface area contributed by atoms with Gasteiger partial charge in [0.2, 0.25) is 11.6 Å². The Morgan fingerprint density at radius 3 is 2.41 bits per heavy atom. The summed E-state index contributed by atoms with van der Waals surface area (Å²) in [6.45, 7) is 1.91. The van der Waals surface area contributed by atoms with Gasteiger partial charge in [0.05, 0.1) is 21.3 Å². The molecule has 5 rings (SSSR count). The van der Waals surface area contributed by atoms with Crippen LogP contribution in [0.1, 0.15) is 15.9 Å². The van der Waals surface area contributed by atoms with Gasteiger partial charge in [-0.2, -0.15) is 4.98 Å². The number of ether oxygens (including phenoxy) is 3.